The number of esters is 1. The summed E-state index contributed by atoms with van der Waals surface area (Å²) in [5, 5.41) is 0. The van der Waals surface area contributed by atoms with Gasteiger partial charge in [0.05, 0.1) is 12.7 Å². The lowest BCUT2D eigenvalue weighted by Gasteiger charge is -2.46. The van der Waals surface area contributed by atoms with E-state index >= 15 is 0 Å². The van der Waals surface area contributed by atoms with E-state index < -0.39 is 0 Å². The zero-order valence-electron chi connectivity index (χ0n) is 17.1. The van der Waals surface area contributed by atoms with E-state index in [1.807, 2.05) is 18.2 Å². The first-order valence-corrected chi connectivity index (χ1v) is 9.77. The van der Waals surface area contributed by atoms with Crippen LogP contribution in [-0.2, 0) is 4.74 Å². The van der Waals surface area contributed by atoms with Crippen molar-refractivity contribution >= 4 is 5.97 Å². The van der Waals surface area contributed by atoms with E-state index in [9.17, 15) is 4.79 Å². The van der Waals surface area contributed by atoms with E-state index in [4.69, 9.17) is 4.74 Å². The molecule has 0 aromatic heterocycles. The fraction of sp³-hybridized carbons (Fsp3) is 0.542. The highest BCUT2D eigenvalue weighted by molar-refractivity contribution is 5.91. The van der Waals surface area contributed by atoms with Gasteiger partial charge in [-0.2, -0.15) is 0 Å². The van der Waals surface area contributed by atoms with Crippen LogP contribution in [0.1, 0.15) is 75.7 Å². The zero-order valence-corrected chi connectivity index (χ0v) is 17.1. The molecule has 2 heteroatoms. The van der Waals surface area contributed by atoms with Crippen molar-refractivity contribution in [2.75, 3.05) is 7.11 Å². The Hall–Kier alpha value is -1.83. The lowest BCUT2D eigenvalue weighted by Crippen LogP contribution is -2.33. The number of methoxy groups -OCH3 is 1. The van der Waals surface area contributed by atoms with Crippen LogP contribution in [-0.4, -0.2) is 13.1 Å². The first-order valence-electron chi connectivity index (χ1n) is 9.77. The van der Waals surface area contributed by atoms with Gasteiger partial charge in [0.25, 0.3) is 0 Å². The van der Waals surface area contributed by atoms with E-state index in [0.29, 0.717) is 11.5 Å². The average molecular weight is 353 g/mol. The predicted molar refractivity (Wildman–Crippen MR) is 107 cm³/mol. The lowest BCUT2D eigenvalue weighted by molar-refractivity contribution is 0.0598. The Labute approximate surface area is 158 Å². The van der Waals surface area contributed by atoms with Gasteiger partial charge in [-0.1, -0.05) is 70.5 Å². The van der Waals surface area contributed by atoms with Crippen LogP contribution in [0.5, 0.6) is 0 Å². The number of allylic oxidation sites excluding steroid dienone is 4. The Morgan fingerprint density at radius 1 is 1.12 bits per heavy atom. The second kappa shape index (κ2) is 6.72. The number of hydrogen-bond donors (Lipinski definition) is 0. The van der Waals surface area contributed by atoms with Crippen molar-refractivity contribution in [3.8, 4) is 0 Å². The largest absolute Gasteiger partial charge is 0.465 e. The third-order valence-corrected chi connectivity index (χ3v) is 6.69. The monoisotopic (exact) mass is 352 g/mol. The minimum absolute atomic E-state index is 0.244. The molecule has 0 radical (unpaired) electrons. The summed E-state index contributed by atoms with van der Waals surface area (Å²) in [6, 6.07) is 7.88. The normalized spacial score (nSPS) is 24.8. The van der Waals surface area contributed by atoms with E-state index in [2.05, 4.69) is 52.8 Å². The van der Waals surface area contributed by atoms with Crippen molar-refractivity contribution in [2.24, 2.45) is 16.7 Å². The summed E-state index contributed by atoms with van der Waals surface area (Å²) in [6.07, 6.45) is 8.32. The van der Waals surface area contributed by atoms with Crippen molar-refractivity contribution in [2.45, 2.75) is 59.8 Å². The summed E-state index contributed by atoms with van der Waals surface area (Å²) < 4.78 is 4.99. The summed E-state index contributed by atoms with van der Waals surface area (Å²) in [6.45, 7) is 11.8. The Morgan fingerprint density at radius 2 is 1.77 bits per heavy atom. The Morgan fingerprint density at radius 3 is 2.46 bits per heavy atom. The molecule has 3 rings (SSSR count). The first kappa shape index (κ1) is 18.9. The topological polar surface area (TPSA) is 26.3 Å². The summed E-state index contributed by atoms with van der Waals surface area (Å²) in [7, 11) is 1.45. The molecule has 2 atom stereocenters. The number of rotatable bonds is 3. The summed E-state index contributed by atoms with van der Waals surface area (Å²) >= 11 is 0. The molecule has 1 aromatic carbocycles. The molecule has 0 saturated carbocycles. The van der Waals surface area contributed by atoms with Gasteiger partial charge < -0.3 is 4.74 Å². The smallest absolute Gasteiger partial charge is 0.338 e. The molecule has 0 spiro atoms. The quantitative estimate of drug-likeness (QED) is 0.597. The van der Waals surface area contributed by atoms with Gasteiger partial charge in [-0.15, -0.1) is 0 Å². The van der Waals surface area contributed by atoms with Crippen LogP contribution in [0.4, 0.5) is 0 Å². The van der Waals surface area contributed by atoms with Crippen LogP contribution in [0.3, 0.4) is 0 Å². The highest BCUT2D eigenvalue weighted by atomic mass is 16.5. The van der Waals surface area contributed by atoms with E-state index in [1.165, 1.54) is 20.0 Å². The molecule has 1 aromatic rings. The maximum atomic E-state index is 12.2. The van der Waals surface area contributed by atoms with Crippen LogP contribution in [0.2, 0.25) is 0 Å². The number of ether oxygens (including phenoxy) is 1. The predicted octanol–water partition coefficient (Wildman–Crippen LogP) is 6.30. The fourth-order valence-electron chi connectivity index (χ4n) is 4.68. The molecule has 0 saturated heterocycles. The van der Waals surface area contributed by atoms with Crippen molar-refractivity contribution in [1.29, 1.82) is 0 Å². The molecule has 0 fully saturated rings. The standard InChI is InChI=1S/C24H32O2/c1-16(18-9-7-8-10-19(18)22(25)26-6)17-11-12-20-21(15-17)24(4,5)14-13-23(20,2)3/h7-12,16-17H,13-15H2,1-6H3. The third-order valence-electron chi connectivity index (χ3n) is 6.69. The molecule has 26 heavy (non-hydrogen) atoms. The number of carbonyl (C=O) groups excluding carboxylic acids is 1. The molecular formula is C24H32O2. The third kappa shape index (κ3) is 3.26. The first-order chi connectivity index (χ1) is 12.2. The van der Waals surface area contributed by atoms with Gasteiger partial charge in [0.2, 0.25) is 0 Å². The molecule has 2 aliphatic carbocycles. The van der Waals surface area contributed by atoms with Crippen molar-refractivity contribution in [3.05, 3.63) is 58.7 Å². The maximum absolute atomic E-state index is 12.2. The minimum Gasteiger partial charge on any atom is -0.465 e. The minimum atomic E-state index is -0.244. The molecule has 0 N–H and O–H groups in total. The van der Waals surface area contributed by atoms with Gasteiger partial charge in [-0.05, 0) is 59.1 Å². The van der Waals surface area contributed by atoms with Crippen molar-refractivity contribution < 1.29 is 9.53 Å². The van der Waals surface area contributed by atoms with Gasteiger partial charge in [-0.25, -0.2) is 4.79 Å². The molecule has 2 nitrogen and oxygen atoms in total. The Balaban J connectivity index is 1.94. The van der Waals surface area contributed by atoms with E-state index in [-0.39, 0.29) is 22.7 Å². The van der Waals surface area contributed by atoms with Gasteiger partial charge in [-0.3, -0.25) is 0 Å². The second-order valence-corrected chi connectivity index (χ2v) is 9.25. The highest BCUT2D eigenvalue weighted by Crippen LogP contribution is 2.54. The molecule has 2 unspecified atom stereocenters. The van der Waals surface area contributed by atoms with E-state index in [0.717, 1.165) is 12.0 Å². The van der Waals surface area contributed by atoms with Crippen LogP contribution in [0, 0.1) is 16.7 Å². The lowest BCUT2D eigenvalue weighted by atomic mass is 9.59. The molecule has 0 heterocycles. The SMILES string of the molecule is COC(=O)c1ccccc1C(C)C1C=CC2=C(C1)C(C)(C)CCC2(C)C. The van der Waals surface area contributed by atoms with Crippen molar-refractivity contribution in [1.82, 2.24) is 0 Å². The number of benzene rings is 1. The van der Waals surface area contributed by atoms with Crippen LogP contribution in [0.15, 0.2) is 47.6 Å². The zero-order chi connectivity index (χ0) is 19.1. The van der Waals surface area contributed by atoms with Crippen LogP contribution < -0.4 is 0 Å². The van der Waals surface area contributed by atoms with Gasteiger partial charge in [0.1, 0.15) is 0 Å². The van der Waals surface area contributed by atoms with Gasteiger partial charge in [0.15, 0.2) is 0 Å². The van der Waals surface area contributed by atoms with Crippen LogP contribution >= 0.6 is 0 Å². The molecule has 140 valence electrons. The van der Waals surface area contributed by atoms with Crippen LogP contribution in [0.25, 0.3) is 0 Å². The van der Waals surface area contributed by atoms with Crippen molar-refractivity contribution in [3.63, 3.8) is 0 Å². The summed E-state index contributed by atoms with van der Waals surface area (Å²) in [4.78, 5) is 12.2. The molecule has 0 aliphatic heterocycles. The average Bonchev–Trinajstić information content (AvgIpc) is 2.64. The highest BCUT2D eigenvalue weighted by Gasteiger charge is 2.40. The second-order valence-electron chi connectivity index (χ2n) is 9.25. The maximum Gasteiger partial charge on any atom is 0.338 e. The van der Waals surface area contributed by atoms with E-state index in [1.54, 1.807) is 11.1 Å². The molecule has 2 aliphatic rings. The Kier molecular flexibility index (Phi) is 4.90. The number of carbonyl (C=O) groups is 1. The van der Waals surface area contributed by atoms with Gasteiger partial charge in [0, 0.05) is 0 Å². The molecule has 0 bridgehead atoms. The Bertz CT molecular complexity index is 764. The summed E-state index contributed by atoms with van der Waals surface area (Å²) in [5.74, 6) is 0.440. The summed E-state index contributed by atoms with van der Waals surface area (Å²) in [5.41, 5.74) is 5.46. The molecule has 0 amide bonds. The fourth-order valence-corrected chi connectivity index (χ4v) is 4.68. The van der Waals surface area contributed by atoms with Gasteiger partial charge >= 0.3 is 5.97 Å². The molecular weight excluding hydrogens is 320 g/mol. The number of hydrogen-bond acceptors (Lipinski definition) is 2.